The van der Waals surface area contributed by atoms with Crippen LogP contribution in [0.15, 0.2) is 41.3 Å². The number of aryl methyl sites for hydroxylation is 1. The van der Waals surface area contributed by atoms with Gasteiger partial charge < -0.3 is 18.9 Å². The van der Waals surface area contributed by atoms with Gasteiger partial charge >= 0.3 is 0 Å². The number of rotatable bonds is 3. The fraction of sp³-hybridized carbons (Fsp3) is 0.500. The van der Waals surface area contributed by atoms with Gasteiger partial charge in [-0.1, -0.05) is 18.9 Å². The third-order valence-electron chi connectivity index (χ3n) is 7.02. The van der Waals surface area contributed by atoms with Crippen molar-refractivity contribution < 1.29 is 14.3 Å². The van der Waals surface area contributed by atoms with Gasteiger partial charge in [0.1, 0.15) is 13.2 Å². The highest BCUT2D eigenvalue weighted by Gasteiger charge is 2.46. The van der Waals surface area contributed by atoms with E-state index in [0.29, 0.717) is 26.2 Å². The van der Waals surface area contributed by atoms with Crippen LogP contribution in [0.5, 0.6) is 11.5 Å². The molecule has 30 heavy (non-hydrogen) atoms. The summed E-state index contributed by atoms with van der Waals surface area (Å²) in [6.45, 7) is 4.38. The van der Waals surface area contributed by atoms with Gasteiger partial charge in [0, 0.05) is 37.2 Å². The van der Waals surface area contributed by atoms with Gasteiger partial charge in [0.15, 0.2) is 11.5 Å². The molecule has 2 aliphatic heterocycles. The first kappa shape index (κ1) is 19.2. The van der Waals surface area contributed by atoms with E-state index in [-0.39, 0.29) is 22.9 Å². The van der Waals surface area contributed by atoms with E-state index in [1.807, 2.05) is 11.0 Å². The average Bonchev–Trinajstić information content (AvgIpc) is 3.24. The highest BCUT2D eigenvalue weighted by Crippen LogP contribution is 2.52. The fourth-order valence-corrected chi connectivity index (χ4v) is 5.41. The minimum absolute atomic E-state index is 0.00305. The lowest BCUT2D eigenvalue weighted by atomic mass is 9.71. The Balaban J connectivity index is 1.45. The van der Waals surface area contributed by atoms with Crippen LogP contribution in [0.4, 0.5) is 0 Å². The molecule has 1 amide bonds. The smallest absolute Gasteiger partial charge is 0.250 e. The molecule has 0 N–H and O–H groups in total. The zero-order chi connectivity index (χ0) is 20.7. The summed E-state index contributed by atoms with van der Waals surface area (Å²) in [5.41, 5.74) is 2.44. The molecular formula is C24H28N2O4. The summed E-state index contributed by atoms with van der Waals surface area (Å²) >= 11 is 0. The van der Waals surface area contributed by atoms with Gasteiger partial charge in [-0.05, 0) is 49.1 Å². The second-order valence-electron chi connectivity index (χ2n) is 8.75. The van der Waals surface area contributed by atoms with E-state index >= 15 is 0 Å². The number of nitrogens with zero attached hydrogens (tertiary/aromatic N) is 2. The average molecular weight is 408 g/mol. The molecule has 1 aromatic heterocycles. The fourth-order valence-electron chi connectivity index (χ4n) is 5.41. The summed E-state index contributed by atoms with van der Waals surface area (Å²) in [4.78, 5) is 27.3. The summed E-state index contributed by atoms with van der Waals surface area (Å²) < 4.78 is 13.3. The van der Waals surface area contributed by atoms with E-state index in [1.165, 1.54) is 30.0 Å². The molecule has 0 radical (unpaired) electrons. The van der Waals surface area contributed by atoms with E-state index in [0.717, 1.165) is 30.9 Å². The van der Waals surface area contributed by atoms with Gasteiger partial charge in [-0.2, -0.15) is 0 Å². The molecule has 1 saturated carbocycles. The number of pyridine rings is 1. The molecule has 0 bridgehead atoms. The van der Waals surface area contributed by atoms with E-state index in [2.05, 4.69) is 19.1 Å². The van der Waals surface area contributed by atoms with Crippen molar-refractivity contribution in [1.29, 1.82) is 0 Å². The molecule has 0 saturated heterocycles. The van der Waals surface area contributed by atoms with Crippen LogP contribution in [0.1, 0.15) is 56.2 Å². The monoisotopic (exact) mass is 408 g/mol. The Bertz CT molecular complexity index is 1020. The molecule has 158 valence electrons. The normalized spacial score (nSPS) is 21.5. The molecule has 3 heterocycles. The Labute approximate surface area is 176 Å². The number of ether oxygens (including phenoxy) is 2. The third-order valence-corrected chi connectivity index (χ3v) is 7.02. The quantitative estimate of drug-likeness (QED) is 0.781. The Morgan fingerprint density at radius 3 is 2.60 bits per heavy atom. The van der Waals surface area contributed by atoms with Crippen molar-refractivity contribution in [2.24, 2.45) is 0 Å². The molecule has 1 unspecified atom stereocenters. The first-order chi connectivity index (χ1) is 14.6. The van der Waals surface area contributed by atoms with E-state index in [1.54, 1.807) is 16.8 Å². The lowest BCUT2D eigenvalue weighted by molar-refractivity contribution is -0.135. The van der Waals surface area contributed by atoms with E-state index < -0.39 is 0 Å². The van der Waals surface area contributed by atoms with Gasteiger partial charge in [-0.15, -0.1) is 0 Å². The Kier molecular flexibility index (Phi) is 4.80. The number of carbonyl (C=O) groups excluding carboxylic acids is 1. The molecule has 1 aliphatic carbocycles. The summed E-state index contributed by atoms with van der Waals surface area (Å²) in [5.74, 6) is 1.72. The Hall–Kier alpha value is -2.76. The minimum atomic E-state index is -0.0709. The largest absolute Gasteiger partial charge is 0.486 e. The van der Waals surface area contributed by atoms with Crippen LogP contribution in [0.25, 0.3) is 0 Å². The number of aromatic nitrogens is 1. The highest BCUT2D eigenvalue weighted by atomic mass is 16.6. The lowest BCUT2D eigenvalue weighted by Crippen LogP contribution is -2.49. The minimum Gasteiger partial charge on any atom is -0.486 e. The summed E-state index contributed by atoms with van der Waals surface area (Å²) in [6, 6.07) is 9.32. The molecule has 2 aromatic rings. The first-order valence-corrected chi connectivity index (χ1v) is 11.0. The standard InChI is InChI=1S/C24H28N2O4/c1-17-18-14-20-21(30-13-12-29-20)15-19(18)24(8-3-4-9-24)16-26(17)23(28)7-11-25-10-5-2-6-22(25)27/h2,5-6,10,14-15,17H,3-4,7-9,11-13,16H2,1H3. The second kappa shape index (κ2) is 7.49. The topological polar surface area (TPSA) is 60.8 Å². The van der Waals surface area contributed by atoms with Crippen molar-refractivity contribution in [2.75, 3.05) is 19.8 Å². The number of carbonyl (C=O) groups is 1. The highest BCUT2D eigenvalue weighted by molar-refractivity contribution is 5.77. The van der Waals surface area contributed by atoms with E-state index in [4.69, 9.17) is 9.47 Å². The SMILES string of the molecule is CC1c2cc3c(cc2C2(CCCC2)CN1C(=O)CCn1ccccc1=O)OCCO3. The zero-order valence-electron chi connectivity index (χ0n) is 17.4. The predicted octanol–water partition coefficient (Wildman–Crippen LogP) is 3.42. The van der Waals surface area contributed by atoms with Crippen LogP contribution in [0.2, 0.25) is 0 Å². The maximum atomic E-state index is 13.3. The number of amides is 1. The number of benzene rings is 1. The maximum Gasteiger partial charge on any atom is 0.250 e. The van der Waals surface area contributed by atoms with Gasteiger partial charge in [0.05, 0.1) is 6.04 Å². The first-order valence-electron chi connectivity index (χ1n) is 11.0. The lowest BCUT2D eigenvalue weighted by Gasteiger charge is -2.46. The van der Waals surface area contributed by atoms with Crippen molar-refractivity contribution in [3.05, 3.63) is 58.0 Å². The zero-order valence-corrected chi connectivity index (χ0v) is 17.4. The third kappa shape index (κ3) is 3.18. The van der Waals surface area contributed by atoms with Crippen LogP contribution in [-0.2, 0) is 16.8 Å². The summed E-state index contributed by atoms with van der Waals surface area (Å²) in [7, 11) is 0. The number of hydrogen-bond donors (Lipinski definition) is 0. The summed E-state index contributed by atoms with van der Waals surface area (Å²) in [6.07, 6.45) is 6.62. The number of fused-ring (bicyclic) bond motifs is 3. The van der Waals surface area contributed by atoms with Gasteiger partial charge in [-0.3, -0.25) is 9.59 Å². The molecule has 6 nitrogen and oxygen atoms in total. The van der Waals surface area contributed by atoms with Crippen LogP contribution in [0.3, 0.4) is 0 Å². The van der Waals surface area contributed by atoms with Crippen LogP contribution < -0.4 is 15.0 Å². The molecule has 6 heteroatoms. The van der Waals surface area contributed by atoms with Crippen LogP contribution >= 0.6 is 0 Å². The molecule has 3 aliphatic rings. The predicted molar refractivity (Wildman–Crippen MR) is 113 cm³/mol. The molecule has 1 spiro atoms. The van der Waals surface area contributed by atoms with Gasteiger partial charge in [0.2, 0.25) is 5.91 Å². The van der Waals surface area contributed by atoms with Crippen molar-refractivity contribution in [3.63, 3.8) is 0 Å². The maximum absolute atomic E-state index is 13.3. The van der Waals surface area contributed by atoms with Crippen LogP contribution in [0, 0.1) is 0 Å². The van der Waals surface area contributed by atoms with E-state index in [9.17, 15) is 9.59 Å². The van der Waals surface area contributed by atoms with Crippen LogP contribution in [-0.4, -0.2) is 35.1 Å². The van der Waals surface area contributed by atoms with Crippen molar-refractivity contribution in [3.8, 4) is 11.5 Å². The Morgan fingerprint density at radius 2 is 1.87 bits per heavy atom. The van der Waals surface area contributed by atoms with Crippen molar-refractivity contribution in [2.45, 2.75) is 57.0 Å². The molecule has 1 aromatic carbocycles. The van der Waals surface area contributed by atoms with Gasteiger partial charge in [0.25, 0.3) is 5.56 Å². The van der Waals surface area contributed by atoms with Crippen molar-refractivity contribution >= 4 is 5.91 Å². The summed E-state index contributed by atoms with van der Waals surface area (Å²) in [5, 5.41) is 0. The van der Waals surface area contributed by atoms with Crippen molar-refractivity contribution in [1.82, 2.24) is 9.47 Å². The molecule has 1 atom stereocenters. The second-order valence-corrected chi connectivity index (χ2v) is 8.75. The molecule has 5 rings (SSSR count). The number of hydrogen-bond acceptors (Lipinski definition) is 4. The molecule has 1 fully saturated rings. The molecular weight excluding hydrogens is 380 g/mol. The van der Waals surface area contributed by atoms with Gasteiger partial charge in [-0.25, -0.2) is 0 Å². The Morgan fingerprint density at radius 1 is 1.13 bits per heavy atom.